The summed E-state index contributed by atoms with van der Waals surface area (Å²) in [4.78, 5) is 16.5. The summed E-state index contributed by atoms with van der Waals surface area (Å²) in [6.07, 6.45) is 2.50. The van der Waals surface area contributed by atoms with Crippen molar-refractivity contribution in [3.05, 3.63) is 41.5 Å². The molecule has 0 saturated heterocycles. The highest BCUT2D eigenvalue weighted by Gasteiger charge is 2.24. The monoisotopic (exact) mass is 286 g/mol. The molecule has 110 valence electrons. The second-order valence-electron chi connectivity index (χ2n) is 5.06. The Balaban J connectivity index is 1.73. The highest BCUT2D eigenvalue weighted by molar-refractivity contribution is 5.90. The van der Waals surface area contributed by atoms with E-state index in [4.69, 9.17) is 4.74 Å². The molecule has 2 heterocycles. The van der Waals surface area contributed by atoms with Gasteiger partial charge in [-0.1, -0.05) is 25.1 Å². The number of hydrogen-bond donors (Lipinski definition) is 2. The first kappa shape index (κ1) is 13.6. The normalized spacial score (nSPS) is 16.9. The molecule has 6 nitrogen and oxygen atoms in total. The fourth-order valence-corrected chi connectivity index (χ4v) is 2.46. The van der Waals surface area contributed by atoms with E-state index in [2.05, 4.69) is 27.4 Å². The lowest BCUT2D eigenvalue weighted by molar-refractivity contribution is 0.0914. The SMILES string of the molecule is CCCc1nc(C(=O)NC2CCOc3ccccc32)n[nH]1. The van der Waals surface area contributed by atoms with Gasteiger partial charge in [0.1, 0.15) is 11.6 Å². The van der Waals surface area contributed by atoms with Crippen LogP contribution in [0.1, 0.15) is 47.8 Å². The molecule has 0 spiro atoms. The summed E-state index contributed by atoms with van der Waals surface area (Å²) in [5.41, 5.74) is 1.00. The highest BCUT2D eigenvalue weighted by atomic mass is 16.5. The first-order valence-electron chi connectivity index (χ1n) is 7.21. The summed E-state index contributed by atoms with van der Waals surface area (Å²) in [7, 11) is 0. The van der Waals surface area contributed by atoms with Crippen molar-refractivity contribution >= 4 is 5.91 Å². The zero-order valence-electron chi connectivity index (χ0n) is 11.9. The fourth-order valence-electron chi connectivity index (χ4n) is 2.46. The van der Waals surface area contributed by atoms with Gasteiger partial charge in [-0.2, -0.15) is 0 Å². The number of nitrogens with zero attached hydrogens (tertiary/aromatic N) is 2. The molecule has 1 amide bonds. The summed E-state index contributed by atoms with van der Waals surface area (Å²) in [6.45, 7) is 2.65. The number of H-pyrrole nitrogens is 1. The quantitative estimate of drug-likeness (QED) is 0.901. The smallest absolute Gasteiger partial charge is 0.291 e. The molecule has 1 aliphatic rings. The van der Waals surface area contributed by atoms with Gasteiger partial charge in [-0.25, -0.2) is 4.98 Å². The van der Waals surface area contributed by atoms with E-state index in [1.54, 1.807) is 0 Å². The van der Waals surface area contributed by atoms with Crippen molar-refractivity contribution in [1.82, 2.24) is 20.5 Å². The van der Waals surface area contributed by atoms with Crippen molar-refractivity contribution in [2.75, 3.05) is 6.61 Å². The summed E-state index contributed by atoms with van der Waals surface area (Å²) in [5.74, 6) is 1.52. The Morgan fingerprint density at radius 1 is 1.48 bits per heavy atom. The molecule has 1 aromatic heterocycles. The lowest BCUT2D eigenvalue weighted by Crippen LogP contribution is -2.32. The second-order valence-corrected chi connectivity index (χ2v) is 5.06. The van der Waals surface area contributed by atoms with E-state index < -0.39 is 0 Å². The number of fused-ring (bicyclic) bond motifs is 1. The third-order valence-electron chi connectivity index (χ3n) is 3.49. The van der Waals surface area contributed by atoms with Crippen LogP contribution in [0.4, 0.5) is 0 Å². The van der Waals surface area contributed by atoms with Gasteiger partial charge in [0, 0.05) is 18.4 Å². The maximum Gasteiger partial charge on any atom is 0.291 e. The number of rotatable bonds is 4. The van der Waals surface area contributed by atoms with Crippen molar-refractivity contribution in [1.29, 1.82) is 0 Å². The third kappa shape index (κ3) is 2.89. The van der Waals surface area contributed by atoms with Gasteiger partial charge in [-0.3, -0.25) is 9.89 Å². The van der Waals surface area contributed by atoms with Crippen LogP contribution in [-0.2, 0) is 6.42 Å². The number of nitrogens with one attached hydrogen (secondary N) is 2. The molecule has 21 heavy (non-hydrogen) atoms. The number of hydrogen-bond acceptors (Lipinski definition) is 4. The molecule has 0 radical (unpaired) electrons. The molecule has 0 bridgehead atoms. The molecule has 2 N–H and O–H groups in total. The first-order valence-corrected chi connectivity index (χ1v) is 7.21. The largest absolute Gasteiger partial charge is 0.493 e. The number of amides is 1. The standard InChI is InChI=1S/C15H18N4O2/c1-2-5-13-17-14(19-18-13)15(20)16-11-8-9-21-12-7-4-3-6-10(11)12/h3-4,6-7,11H,2,5,8-9H2,1H3,(H,16,20)(H,17,18,19). The molecule has 3 rings (SSSR count). The van der Waals surface area contributed by atoms with E-state index >= 15 is 0 Å². The number of aromatic nitrogens is 3. The van der Waals surface area contributed by atoms with Crippen molar-refractivity contribution in [3.8, 4) is 5.75 Å². The van der Waals surface area contributed by atoms with Gasteiger partial charge in [0.05, 0.1) is 12.6 Å². The van der Waals surface area contributed by atoms with Crippen LogP contribution in [0.25, 0.3) is 0 Å². The van der Waals surface area contributed by atoms with E-state index in [1.807, 2.05) is 24.3 Å². The zero-order valence-corrected chi connectivity index (χ0v) is 11.9. The molecular weight excluding hydrogens is 268 g/mol. The van der Waals surface area contributed by atoms with Gasteiger partial charge in [0.15, 0.2) is 0 Å². The molecule has 1 unspecified atom stereocenters. The Morgan fingerprint density at radius 3 is 3.19 bits per heavy atom. The van der Waals surface area contributed by atoms with Crippen molar-refractivity contribution in [3.63, 3.8) is 0 Å². The predicted octanol–water partition coefficient (Wildman–Crippen LogP) is 2.01. The Kier molecular flexibility index (Phi) is 3.85. The lowest BCUT2D eigenvalue weighted by atomic mass is 10.0. The fraction of sp³-hybridized carbons (Fsp3) is 0.400. The Hall–Kier alpha value is -2.37. The number of aromatic amines is 1. The Bertz CT molecular complexity index is 638. The number of ether oxygens (including phenoxy) is 1. The van der Waals surface area contributed by atoms with Gasteiger partial charge in [-0.05, 0) is 12.5 Å². The predicted molar refractivity (Wildman–Crippen MR) is 77.1 cm³/mol. The maximum absolute atomic E-state index is 12.2. The van der Waals surface area contributed by atoms with E-state index in [9.17, 15) is 4.79 Å². The molecule has 0 aliphatic carbocycles. The minimum absolute atomic E-state index is 0.0597. The molecule has 1 aliphatic heterocycles. The average molecular weight is 286 g/mol. The van der Waals surface area contributed by atoms with Gasteiger partial charge >= 0.3 is 0 Å². The zero-order chi connectivity index (χ0) is 14.7. The number of carbonyl (C=O) groups is 1. The van der Waals surface area contributed by atoms with E-state index in [1.165, 1.54) is 0 Å². The van der Waals surface area contributed by atoms with Crippen LogP contribution in [0.15, 0.2) is 24.3 Å². The minimum Gasteiger partial charge on any atom is -0.493 e. The summed E-state index contributed by atoms with van der Waals surface area (Å²) in [5, 5.41) is 9.76. The first-order chi connectivity index (χ1) is 10.3. The van der Waals surface area contributed by atoms with E-state index in [-0.39, 0.29) is 17.8 Å². The molecule has 6 heteroatoms. The van der Waals surface area contributed by atoms with Gasteiger partial charge in [-0.15, -0.1) is 5.10 Å². The molecule has 0 fully saturated rings. The molecule has 2 aromatic rings. The minimum atomic E-state index is -0.254. The number of para-hydroxylation sites is 1. The van der Waals surface area contributed by atoms with E-state index in [0.717, 1.165) is 36.4 Å². The Morgan fingerprint density at radius 2 is 2.33 bits per heavy atom. The Labute approximate surface area is 122 Å². The van der Waals surface area contributed by atoms with Crippen LogP contribution in [0.3, 0.4) is 0 Å². The number of carbonyl (C=O) groups excluding carboxylic acids is 1. The van der Waals surface area contributed by atoms with Crippen LogP contribution in [-0.4, -0.2) is 27.7 Å². The second kappa shape index (κ2) is 5.95. The average Bonchev–Trinajstić information content (AvgIpc) is 2.97. The number of aryl methyl sites for hydroxylation is 1. The summed E-state index contributed by atoms with van der Waals surface area (Å²) >= 11 is 0. The van der Waals surface area contributed by atoms with Gasteiger partial charge < -0.3 is 10.1 Å². The highest BCUT2D eigenvalue weighted by Crippen LogP contribution is 2.31. The van der Waals surface area contributed by atoms with Crippen molar-refractivity contribution in [2.45, 2.75) is 32.2 Å². The summed E-state index contributed by atoms with van der Waals surface area (Å²) < 4.78 is 5.59. The van der Waals surface area contributed by atoms with Crippen LogP contribution < -0.4 is 10.1 Å². The van der Waals surface area contributed by atoms with E-state index in [0.29, 0.717) is 6.61 Å². The molecular formula is C15H18N4O2. The van der Waals surface area contributed by atoms with Crippen LogP contribution in [0.2, 0.25) is 0 Å². The van der Waals surface area contributed by atoms with Gasteiger partial charge in [0.25, 0.3) is 5.91 Å². The van der Waals surface area contributed by atoms with Gasteiger partial charge in [0.2, 0.25) is 5.82 Å². The van der Waals surface area contributed by atoms with Crippen molar-refractivity contribution < 1.29 is 9.53 Å². The number of benzene rings is 1. The molecule has 1 atom stereocenters. The summed E-state index contributed by atoms with van der Waals surface area (Å²) in [6, 6.07) is 7.70. The molecule has 0 saturated carbocycles. The van der Waals surface area contributed by atoms with Crippen LogP contribution in [0.5, 0.6) is 5.75 Å². The topological polar surface area (TPSA) is 79.9 Å². The lowest BCUT2D eigenvalue weighted by Gasteiger charge is -2.26. The van der Waals surface area contributed by atoms with Crippen LogP contribution in [0, 0.1) is 0 Å². The van der Waals surface area contributed by atoms with Crippen molar-refractivity contribution in [2.24, 2.45) is 0 Å². The maximum atomic E-state index is 12.2. The molecule has 1 aromatic carbocycles. The van der Waals surface area contributed by atoms with Crippen LogP contribution >= 0.6 is 0 Å². The third-order valence-corrected chi connectivity index (χ3v) is 3.49.